The highest BCUT2D eigenvalue weighted by molar-refractivity contribution is 7.15. The van der Waals surface area contributed by atoms with Crippen molar-refractivity contribution in [1.82, 2.24) is 30.5 Å². The Labute approximate surface area is 238 Å². The van der Waals surface area contributed by atoms with Crippen LogP contribution in [-0.2, 0) is 0 Å². The zero-order valence-electron chi connectivity index (χ0n) is 23.1. The molecule has 6 rings (SSSR count). The van der Waals surface area contributed by atoms with Crippen molar-refractivity contribution in [2.24, 2.45) is 5.92 Å². The van der Waals surface area contributed by atoms with Gasteiger partial charge < -0.3 is 10.3 Å². The molecule has 0 unspecified atom stereocenters. The Hall–Kier alpha value is -4.23. The Balaban J connectivity index is 1.33. The lowest BCUT2D eigenvalue weighted by molar-refractivity contribution is 0.393. The third-order valence-electron chi connectivity index (χ3n) is 7.73. The van der Waals surface area contributed by atoms with E-state index in [1.807, 2.05) is 37.4 Å². The molecule has 5 aromatic heterocycles. The molecule has 0 spiro atoms. The molecule has 1 fully saturated rings. The van der Waals surface area contributed by atoms with Crippen molar-refractivity contribution in [1.29, 1.82) is 0 Å². The number of nitrogens with zero attached hydrogens (tertiary/aromatic N) is 3. The maximum Gasteiger partial charge on any atom is 0.135 e. The zero-order chi connectivity index (χ0) is 27.6. The van der Waals surface area contributed by atoms with Gasteiger partial charge in [0.05, 0.1) is 27.5 Å². The van der Waals surface area contributed by atoms with Crippen LogP contribution in [0.25, 0.3) is 49.5 Å². The van der Waals surface area contributed by atoms with Crippen molar-refractivity contribution in [2.75, 3.05) is 0 Å². The number of fused-ring (bicyclic) bond motifs is 2. The molecule has 7 heteroatoms. The SMILES string of the molecule is C=C/C(=C\C(=C/C)c1ccc2[nH]nc(-c3cc4c(-c5ccc(C)s5)nccc4[nH]3)c2n1)NC(=C)C1CCCCC1. The zero-order valence-corrected chi connectivity index (χ0v) is 23.9. The summed E-state index contributed by atoms with van der Waals surface area (Å²) in [6.45, 7) is 12.5. The number of hydrogen-bond acceptors (Lipinski definition) is 5. The van der Waals surface area contributed by atoms with Gasteiger partial charge in [-0.05, 0) is 86.7 Å². The quantitative estimate of drug-likeness (QED) is 0.170. The topological polar surface area (TPSA) is 82.3 Å². The summed E-state index contributed by atoms with van der Waals surface area (Å²) in [5.74, 6) is 0.519. The van der Waals surface area contributed by atoms with Gasteiger partial charge in [0.15, 0.2) is 0 Å². The first-order valence-electron chi connectivity index (χ1n) is 13.9. The Bertz CT molecular complexity index is 1770. The molecule has 0 aliphatic heterocycles. The fraction of sp³-hybridized carbons (Fsp3) is 0.242. The molecule has 1 aliphatic rings. The van der Waals surface area contributed by atoms with Gasteiger partial charge in [-0.2, -0.15) is 5.10 Å². The highest BCUT2D eigenvalue weighted by Gasteiger charge is 2.18. The van der Waals surface area contributed by atoms with E-state index in [0.717, 1.165) is 66.6 Å². The number of thiophene rings is 1. The molecule has 3 N–H and O–H groups in total. The molecular weight excluding hydrogens is 512 g/mol. The van der Waals surface area contributed by atoms with E-state index in [2.05, 4.69) is 70.9 Å². The minimum Gasteiger partial charge on any atom is -0.359 e. The van der Waals surface area contributed by atoms with Crippen LogP contribution in [0.15, 0.2) is 85.4 Å². The van der Waals surface area contributed by atoms with Crippen LogP contribution in [0.2, 0.25) is 0 Å². The van der Waals surface area contributed by atoms with Crippen molar-refractivity contribution in [2.45, 2.75) is 46.0 Å². The number of aryl methyl sites for hydroxylation is 1. The first-order valence-corrected chi connectivity index (χ1v) is 14.7. The van der Waals surface area contributed by atoms with Gasteiger partial charge in [0.25, 0.3) is 0 Å². The van der Waals surface area contributed by atoms with Crippen LogP contribution in [0.4, 0.5) is 0 Å². The average molecular weight is 547 g/mol. The van der Waals surface area contributed by atoms with Gasteiger partial charge in [0, 0.05) is 33.4 Å². The molecule has 0 aromatic carbocycles. The monoisotopic (exact) mass is 546 g/mol. The number of aromatic amines is 2. The van der Waals surface area contributed by atoms with Crippen LogP contribution in [0.3, 0.4) is 0 Å². The van der Waals surface area contributed by atoms with Gasteiger partial charge in [-0.25, -0.2) is 4.98 Å². The second-order valence-corrected chi connectivity index (χ2v) is 11.7. The third-order valence-corrected chi connectivity index (χ3v) is 8.73. The Morgan fingerprint density at radius 3 is 2.67 bits per heavy atom. The molecule has 202 valence electrons. The molecule has 0 bridgehead atoms. The Morgan fingerprint density at radius 1 is 1.07 bits per heavy atom. The number of H-pyrrole nitrogens is 2. The predicted octanol–water partition coefficient (Wildman–Crippen LogP) is 8.69. The normalized spacial score (nSPS) is 15.2. The molecule has 40 heavy (non-hydrogen) atoms. The predicted molar refractivity (Wildman–Crippen MR) is 168 cm³/mol. The van der Waals surface area contributed by atoms with E-state index in [1.54, 1.807) is 11.3 Å². The minimum absolute atomic E-state index is 0.519. The van der Waals surface area contributed by atoms with Crippen LogP contribution in [0.5, 0.6) is 0 Å². The van der Waals surface area contributed by atoms with Crippen molar-refractivity contribution in [3.8, 4) is 22.0 Å². The van der Waals surface area contributed by atoms with E-state index < -0.39 is 0 Å². The molecule has 0 radical (unpaired) electrons. The summed E-state index contributed by atoms with van der Waals surface area (Å²) in [5.41, 5.74) is 9.28. The molecule has 1 saturated carbocycles. The number of hydrogen-bond donors (Lipinski definition) is 3. The van der Waals surface area contributed by atoms with Crippen LogP contribution in [-0.4, -0.2) is 25.1 Å². The van der Waals surface area contributed by atoms with Crippen LogP contribution in [0, 0.1) is 12.8 Å². The summed E-state index contributed by atoms with van der Waals surface area (Å²) >= 11 is 1.75. The molecule has 6 nitrogen and oxygen atoms in total. The minimum atomic E-state index is 0.519. The lowest BCUT2D eigenvalue weighted by Crippen LogP contribution is -2.20. The Morgan fingerprint density at radius 2 is 1.93 bits per heavy atom. The second-order valence-electron chi connectivity index (χ2n) is 10.4. The van der Waals surface area contributed by atoms with Gasteiger partial charge in [0.2, 0.25) is 0 Å². The number of aromatic nitrogens is 5. The number of rotatable bonds is 8. The molecular formula is C33H34N6S. The third kappa shape index (κ3) is 5.05. The summed E-state index contributed by atoms with van der Waals surface area (Å²) in [6.07, 6.45) is 14.2. The Kier molecular flexibility index (Phi) is 7.22. The summed E-state index contributed by atoms with van der Waals surface area (Å²) in [5, 5.41) is 12.4. The molecule has 0 amide bonds. The van der Waals surface area contributed by atoms with Gasteiger partial charge in [-0.3, -0.25) is 10.1 Å². The van der Waals surface area contributed by atoms with Gasteiger partial charge in [-0.1, -0.05) is 38.5 Å². The second kappa shape index (κ2) is 11.1. The highest BCUT2D eigenvalue weighted by Crippen LogP contribution is 2.35. The van der Waals surface area contributed by atoms with E-state index in [0.29, 0.717) is 5.92 Å². The summed E-state index contributed by atoms with van der Waals surface area (Å²) < 4.78 is 0. The first-order chi connectivity index (χ1) is 19.5. The largest absolute Gasteiger partial charge is 0.359 e. The number of allylic oxidation sites excluding steroid dienone is 5. The van der Waals surface area contributed by atoms with Crippen molar-refractivity contribution in [3.05, 3.63) is 95.9 Å². The number of pyridine rings is 2. The van der Waals surface area contributed by atoms with Gasteiger partial charge >= 0.3 is 0 Å². The molecule has 5 aromatic rings. The van der Waals surface area contributed by atoms with Gasteiger partial charge in [-0.15, -0.1) is 11.3 Å². The fourth-order valence-corrected chi connectivity index (χ4v) is 6.42. The fourth-order valence-electron chi connectivity index (χ4n) is 5.54. The van der Waals surface area contributed by atoms with E-state index in [-0.39, 0.29) is 0 Å². The van der Waals surface area contributed by atoms with Crippen LogP contribution < -0.4 is 5.32 Å². The molecule has 5 heterocycles. The lowest BCUT2D eigenvalue weighted by atomic mass is 9.87. The maximum absolute atomic E-state index is 5.07. The van der Waals surface area contributed by atoms with Crippen molar-refractivity contribution < 1.29 is 0 Å². The van der Waals surface area contributed by atoms with Crippen LogP contribution in [0.1, 0.15) is 49.6 Å². The standard InChI is InChI=1S/C33H34N6S/c1-5-22(18-24(6-2)35-21(4)23-10-8-7-9-11-23)26-13-14-28-32(37-26)33(39-38-28)29-19-25-27(36-29)16-17-34-31(25)30-15-12-20(3)40-30/h5-6,12-19,23,35-36H,2,4,7-11H2,1,3H3,(H,38,39)/b22-5+,24-18+. The summed E-state index contributed by atoms with van der Waals surface area (Å²) in [7, 11) is 0. The number of nitrogens with one attached hydrogen (secondary N) is 3. The first kappa shape index (κ1) is 26.0. The van der Waals surface area contributed by atoms with E-state index in [9.17, 15) is 0 Å². The van der Waals surface area contributed by atoms with Gasteiger partial charge in [0.1, 0.15) is 11.2 Å². The highest BCUT2D eigenvalue weighted by atomic mass is 32.1. The maximum atomic E-state index is 5.07. The molecule has 0 saturated heterocycles. The van der Waals surface area contributed by atoms with Crippen molar-refractivity contribution >= 4 is 38.8 Å². The molecule has 0 atom stereocenters. The smallest absolute Gasteiger partial charge is 0.135 e. The van der Waals surface area contributed by atoms with E-state index >= 15 is 0 Å². The van der Waals surface area contributed by atoms with Crippen molar-refractivity contribution in [3.63, 3.8) is 0 Å². The van der Waals surface area contributed by atoms with E-state index in [1.165, 1.54) is 37.0 Å². The summed E-state index contributed by atoms with van der Waals surface area (Å²) in [6, 6.07) is 12.5. The summed E-state index contributed by atoms with van der Waals surface area (Å²) in [4.78, 5) is 15.7. The van der Waals surface area contributed by atoms with Crippen LogP contribution >= 0.6 is 11.3 Å². The van der Waals surface area contributed by atoms with E-state index in [4.69, 9.17) is 9.97 Å². The lowest BCUT2D eigenvalue weighted by Gasteiger charge is -2.25. The average Bonchev–Trinajstić information content (AvgIpc) is 3.72. The molecule has 1 aliphatic carbocycles.